The fourth-order valence-electron chi connectivity index (χ4n) is 0. The van der Waals surface area contributed by atoms with E-state index in [-0.39, 0.29) is 20.3 Å². The van der Waals surface area contributed by atoms with Crippen molar-refractivity contribution in [3.63, 3.8) is 0 Å². The summed E-state index contributed by atoms with van der Waals surface area (Å²) in [5.41, 5.74) is 0. The van der Waals surface area contributed by atoms with Crippen molar-refractivity contribution in [3.05, 3.63) is 0 Å². The van der Waals surface area contributed by atoms with Gasteiger partial charge in [-0.2, -0.15) is 0 Å². The smallest absolute Gasteiger partial charge is 1.00 e. The Bertz CT molecular complexity index is 37.0. The Balaban J connectivity index is -0.0000000183. The first kappa shape index (κ1) is 15.8. The van der Waals surface area contributed by atoms with E-state index < -0.39 is 6.16 Å². The maximum atomic E-state index is 8.56. The van der Waals surface area contributed by atoms with Crippen LogP contribution in [0.25, 0.3) is 0 Å². The first-order valence-electron chi connectivity index (χ1n) is 1.10. The molecule has 0 rings (SSSR count). The molecule has 0 spiro atoms. The molecule has 0 atom stereocenters. The molecule has 0 aromatic heterocycles. The number of hydrogen-bond acceptors (Lipinski definition) is 2. The first-order valence-corrected chi connectivity index (χ1v) is 1.10. The van der Waals surface area contributed by atoms with Crippen molar-refractivity contribution in [1.82, 2.24) is 0 Å². The second kappa shape index (κ2) is 17.0. The monoisotopic (exact) mass is 102 g/mol. The fourth-order valence-corrected chi connectivity index (χ4v) is 0. The van der Waals surface area contributed by atoms with Gasteiger partial charge in [0.2, 0.25) is 0 Å². The molecular formula is C2H7LiO4. The van der Waals surface area contributed by atoms with Gasteiger partial charge >= 0.3 is 25.0 Å². The zero-order valence-electron chi connectivity index (χ0n) is 5.25. The molecule has 0 aliphatic heterocycles. The average Bonchev–Trinajstić information content (AvgIpc) is 1.41. The Hall–Kier alpha value is -0.173. The Morgan fingerprint density at radius 3 is 1.43 bits per heavy atom. The molecule has 0 bridgehead atoms. The van der Waals surface area contributed by atoms with Crippen LogP contribution in [0.5, 0.6) is 0 Å². The predicted octanol–water partition coefficient (Wildman–Crippen LogP) is -3.05. The minimum atomic E-state index is -1.83. The molecular weight excluding hydrogens is 95.0 g/mol. The summed E-state index contributed by atoms with van der Waals surface area (Å²) in [7, 11) is 1.00. The molecule has 0 amide bonds. The van der Waals surface area contributed by atoms with Gasteiger partial charge in [0.25, 0.3) is 0 Å². The van der Waals surface area contributed by atoms with E-state index in [4.69, 9.17) is 20.1 Å². The van der Waals surface area contributed by atoms with Gasteiger partial charge in [-0.15, -0.1) is 0 Å². The minimum Gasteiger partial charge on any atom is -1.00 e. The van der Waals surface area contributed by atoms with Crippen LogP contribution in [0, 0.1) is 0 Å². The number of carbonyl (C=O) groups is 1. The summed E-state index contributed by atoms with van der Waals surface area (Å²) >= 11 is 0. The van der Waals surface area contributed by atoms with Crippen molar-refractivity contribution in [2.75, 3.05) is 7.11 Å². The van der Waals surface area contributed by atoms with Crippen LogP contribution in [-0.2, 0) is 0 Å². The van der Waals surface area contributed by atoms with Crippen LogP contribution in [0.3, 0.4) is 0 Å². The van der Waals surface area contributed by atoms with Gasteiger partial charge in [0.15, 0.2) is 0 Å². The van der Waals surface area contributed by atoms with E-state index >= 15 is 0 Å². The van der Waals surface area contributed by atoms with Crippen LogP contribution in [0.1, 0.15) is 1.43 Å². The Kier molecular flexibility index (Phi) is 38.4. The molecule has 5 heteroatoms. The van der Waals surface area contributed by atoms with Crippen molar-refractivity contribution in [2.45, 2.75) is 0 Å². The summed E-state index contributed by atoms with van der Waals surface area (Å²) in [6.07, 6.45) is -1.83. The number of aliphatic hydroxyl groups excluding tert-OH is 1. The molecule has 0 heterocycles. The van der Waals surface area contributed by atoms with Gasteiger partial charge in [-0.3, -0.25) is 0 Å². The summed E-state index contributed by atoms with van der Waals surface area (Å²) in [6.45, 7) is 0. The molecule has 0 aromatic carbocycles. The number of hydrogen-bond donors (Lipinski definition) is 3. The zero-order chi connectivity index (χ0) is 5.58. The average molecular weight is 102 g/mol. The largest absolute Gasteiger partial charge is 1.00 e. The van der Waals surface area contributed by atoms with Gasteiger partial charge in [-0.1, -0.05) is 0 Å². The van der Waals surface area contributed by atoms with Crippen molar-refractivity contribution in [1.29, 1.82) is 0 Å². The summed E-state index contributed by atoms with van der Waals surface area (Å²) < 4.78 is 0. The molecule has 40 valence electrons. The minimum absolute atomic E-state index is 0. The van der Waals surface area contributed by atoms with Gasteiger partial charge in [0.05, 0.1) is 0 Å². The number of carboxylic acid groups (broad SMARTS) is 2. The third-order valence-electron chi connectivity index (χ3n) is 0. The maximum Gasteiger partial charge on any atom is 1.00 e. The molecule has 0 aliphatic rings. The second-order valence-corrected chi connectivity index (χ2v) is 0.283. The summed E-state index contributed by atoms with van der Waals surface area (Å²) in [5.74, 6) is 0. The Morgan fingerprint density at radius 2 is 1.43 bits per heavy atom. The van der Waals surface area contributed by atoms with Gasteiger partial charge in [-0.05, 0) is 0 Å². The molecule has 3 N–H and O–H groups in total. The van der Waals surface area contributed by atoms with Crippen molar-refractivity contribution in [2.24, 2.45) is 0 Å². The van der Waals surface area contributed by atoms with E-state index in [0.717, 1.165) is 7.11 Å². The van der Waals surface area contributed by atoms with Crippen LogP contribution in [-0.4, -0.2) is 28.6 Å². The molecule has 0 unspecified atom stereocenters. The molecule has 0 saturated heterocycles. The number of aliphatic hydroxyl groups is 1. The van der Waals surface area contributed by atoms with Crippen LogP contribution < -0.4 is 18.9 Å². The molecule has 0 radical (unpaired) electrons. The van der Waals surface area contributed by atoms with Gasteiger partial charge < -0.3 is 16.7 Å². The Labute approximate surface area is 54.4 Å². The fraction of sp³-hybridized carbons (Fsp3) is 0.500. The van der Waals surface area contributed by atoms with Gasteiger partial charge in [-0.25, -0.2) is 4.79 Å². The molecule has 0 aliphatic carbocycles. The van der Waals surface area contributed by atoms with Crippen LogP contribution >= 0.6 is 0 Å². The van der Waals surface area contributed by atoms with Crippen molar-refractivity contribution >= 4 is 6.16 Å². The first-order chi connectivity index (χ1) is 2.73. The van der Waals surface area contributed by atoms with E-state index in [1.807, 2.05) is 0 Å². The SMILES string of the molecule is CO.O=C(O)O.[H-].[Li+]. The quantitative estimate of drug-likeness (QED) is 0.284. The third-order valence-corrected chi connectivity index (χ3v) is 0. The molecule has 0 saturated carbocycles. The Morgan fingerprint density at radius 1 is 1.43 bits per heavy atom. The van der Waals surface area contributed by atoms with Crippen LogP contribution in [0.4, 0.5) is 4.79 Å². The maximum absolute atomic E-state index is 8.56. The van der Waals surface area contributed by atoms with E-state index in [0.29, 0.717) is 0 Å². The second-order valence-electron chi connectivity index (χ2n) is 0.283. The van der Waals surface area contributed by atoms with E-state index in [1.165, 1.54) is 0 Å². The summed E-state index contributed by atoms with van der Waals surface area (Å²) in [5, 5.41) is 20.9. The zero-order valence-corrected chi connectivity index (χ0v) is 4.25. The predicted molar refractivity (Wildman–Crippen MR) is 19.9 cm³/mol. The summed E-state index contributed by atoms with van der Waals surface area (Å²) in [4.78, 5) is 8.56. The van der Waals surface area contributed by atoms with E-state index in [9.17, 15) is 0 Å². The molecule has 0 aromatic rings. The van der Waals surface area contributed by atoms with Crippen molar-refractivity contribution < 1.29 is 40.4 Å². The van der Waals surface area contributed by atoms with Gasteiger partial charge in [0, 0.05) is 7.11 Å². The normalized spacial score (nSPS) is 4.29. The van der Waals surface area contributed by atoms with Gasteiger partial charge in [0.1, 0.15) is 0 Å². The van der Waals surface area contributed by atoms with E-state index in [2.05, 4.69) is 0 Å². The van der Waals surface area contributed by atoms with E-state index in [1.54, 1.807) is 0 Å². The summed E-state index contributed by atoms with van der Waals surface area (Å²) in [6, 6.07) is 0. The van der Waals surface area contributed by atoms with Crippen LogP contribution in [0.15, 0.2) is 0 Å². The topological polar surface area (TPSA) is 77.8 Å². The van der Waals surface area contributed by atoms with Crippen LogP contribution in [0.2, 0.25) is 0 Å². The third kappa shape index (κ3) is 2870. The van der Waals surface area contributed by atoms with Crippen molar-refractivity contribution in [3.8, 4) is 0 Å². The number of rotatable bonds is 0. The molecule has 4 nitrogen and oxygen atoms in total. The molecule has 0 fully saturated rings. The standard InChI is InChI=1S/CH2O3.CH4O.Li.H/c2-1(3)4;1-2;;/h(H2,2,3,4);2H,1H3;;/q;;+1;-1. The molecule has 7 heavy (non-hydrogen) atoms.